The topological polar surface area (TPSA) is 46.6 Å². The van der Waals surface area contributed by atoms with Crippen LogP contribution in [0.1, 0.15) is 161 Å². The lowest BCUT2D eigenvalue weighted by Crippen LogP contribution is -2.52. The van der Waals surface area contributed by atoms with Crippen LogP contribution in [0.25, 0.3) is 0 Å². The van der Waals surface area contributed by atoms with Gasteiger partial charge >= 0.3 is 0 Å². The summed E-state index contributed by atoms with van der Waals surface area (Å²) in [7, 11) is 1.76. The van der Waals surface area contributed by atoms with Gasteiger partial charge in [-0.25, -0.2) is 0 Å². The van der Waals surface area contributed by atoms with Crippen molar-refractivity contribution in [1.82, 2.24) is 0 Å². The number of ketones is 1. The molecule has 9 unspecified atom stereocenters. The summed E-state index contributed by atoms with van der Waals surface area (Å²) in [5.74, 6) is 5.75. The van der Waals surface area contributed by atoms with Crippen molar-refractivity contribution < 1.29 is 14.3 Å². The zero-order chi connectivity index (χ0) is 33.6. The average molecular weight is 636 g/mol. The molecule has 0 saturated heterocycles. The number of methoxy groups -OCH3 is 1. The van der Waals surface area contributed by atoms with E-state index in [0.29, 0.717) is 29.3 Å². The number of hydrogen-bond acceptors (Lipinski definition) is 3. The Hall–Kier alpha value is -1.68. The van der Waals surface area contributed by atoms with Crippen LogP contribution in [0.2, 0.25) is 0 Å². The van der Waals surface area contributed by atoms with Gasteiger partial charge in [0.2, 0.25) is 5.91 Å². The summed E-state index contributed by atoms with van der Waals surface area (Å²) in [6.45, 7) is 18.2. The minimum Gasteiger partial charge on any atom is -0.381 e. The van der Waals surface area contributed by atoms with Gasteiger partial charge in [0.15, 0.2) is 5.78 Å². The van der Waals surface area contributed by atoms with Crippen molar-refractivity contribution >= 4 is 17.4 Å². The van der Waals surface area contributed by atoms with Crippen LogP contribution in [0.5, 0.6) is 0 Å². The predicted octanol–water partition coefficient (Wildman–Crippen LogP) is 11.1. The van der Waals surface area contributed by atoms with E-state index in [-0.39, 0.29) is 11.7 Å². The molecule has 4 heteroatoms. The molecule has 4 saturated carbocycles. The Morgan fingerprint density at radius 3 is 2.37 bits per heavy atom. The summed E-state index contributed by atoms with van der Waals surface area (Å²) in [6, 6.07) is 5.85. The van der Waals surface area contributed by atoms with Gasteiger partial charge in [0, 0.05) is 31.3 Å². The second-order valence-corrected chi connectivity index (χ2v) is 16.1. The number of rotatable bonds is 8. The van der Waals surface area contributed by atoms with Gasteiger partial charge in [0.05, 0.1) is 6.10 Å². The van der Waals surface area contributed by atoms with E-state index in [4.69, 9.17) is 4.74 Å². The van der Waals surface area contributed by atoms with Crippen LogP contribution in [0.15, 0.2) is 18.2 Å². The third kappa shape index (κ3) is 7.47. The van der Waals surface area contributed by atoms with E-state index < -0.39 is 0 Å². The van der Waals surface area contributed by atoms with Crippen molar-refractivity contribution in [2.75, 3.05) is 18.6 Å². The lowest BCUT2D eigenvalue weighted by molar-refractivity contribution is -0.119. The summed E-state index contributed by atoms with van der Waals surface area (Å²) in [5.41, 5.74) is 4.08. The van der Waals surface area contributed by atoms with Crippen molar-refractivity contribution in [3.05, 3.63) is 29.3 Å². The van der Waals surface area contributed by atoms with E-state index in [9.17, 15) is 9.59 Å². The summed E-state index contributed by atoms with van der Waals surface area (Å²) in [6.07, 6.45) is 20.0. The Labute approximate surface area is 283 Å². The summed E-state index contributed by atoms with van der Waals surface area (Å²) >= 11 is 0. The SMILES string of the molecule is CC.CC(=O)c1ccc2c(c1)CCN2C(=O)CCCC1CCC2C3CCC4CCCCC4(C)C3CCC12C.CCC(C)C(C)OC. The molecule has 0 aromatic heterocycles. The number of fused-ring (bicyclic) bond motifs is 6. The predicted molar refractivity (Wildman–Crippen MR) is 193 cm³/mol. The summed E-state index contributed by atoms with van der Waals surface area (Å²) in [5, 5.41) is 0. The maximum absolute atomic E-state index is 13.2. The van der Waals surface area contributed by atoms with E-state index in [1.54, 1.807) is 14.0 Å². The molecule has 1 heterocycles. The van der Waals surface area contributed by atoms with Crippen molar-refractivity contribution in [2.45, 2.75) is 158 Å². The van der Waals surface area contributed by atoms with Crippen LogP contribution in [0.4, 0.5) is 5.69 Å². The van der Waals surface area contributed by atoms with Crippen LogP contribution >= 0.6 is 0 Å². The first kappa shape index (κ1) is 37.1. The van der Waals surface area contributed by atoms with Gasteiger partial charge in [0.25, 0.3) is 0 Å². The summed E-state index contributed by atoms with van der Waals surface area (Å²) < 4.78 is 5.10. The zero-order valence-electron chi connectivity index (χ0n) is 31.3. The fraction of sp³-hybridized carbons (Fsp3) is 0.810. The largest absolute Gasteiger partial charge is 0.381 e. The molecule has 1 amide bonds. The molecule has 4 aliphatic carbocycles. The number of carbonyl (C=O) groups is 2. The van der Waals surface area contributed by atoms with Crippen molar-refractivity contribution in [1.29, 1.82) is 0 Å². The molecule has 6 rings (SSSR count). The van der Waals surface area contributed by atoms with Gasteiger partial charge < -0.3 is 9.64 Å². The standard InChI is InChI=1S/C33H47NO2.C7H16O.C2H6/c1-22(35)23-10-15-30-24(21-23)17-20-34(30)31(36)9-6-8-26-12-14-28-27-13-11-25-7-4-5-18-32(25,2)29(27)16-19-33(26,28)3;1-5-6(2)7(3)8-4;1-2/h10,15,21,25-29H,4-9,11-14,16-20H2,1-3H3;6-7H,5H2,1-4H3;1-2H3. The fourth-order valence-electron chi connectivity index (χ4n) is 11.0. The second-order valence-electron chi connectivity index (χ2n) is 16.1. The third-order valence-electron chi connectivity index (χ3n) is 14.2. The highest BCUT2D eigenvalue weighted by atomic mass is 16.5. The highest BCUT2D eigenvalue weighted by molar-refractivity contribution is 5.98. The highest BCUT2D eigenvalue weighted by Gasteiger charge is 2.59. The van der Waals surface area contributed by atoms with Crippen LogP contribution < -0.4 is 4.90 Å². The number of Topliss-reactive ketones (excluding diaryl/α,β-unsaturated/α-hetero) is 1. The molecule has 0 spiro atoms. The first-order chi connectivity index (χ1) is 22.0. The first-order valence-electron chi connectivity index (χ1n) is 19.5. The van der Waals surface area contributed by atoms with Crippen molar-refractivity contribution in [2.24, 2.45) is 46.3 Å². The third-order valence-corrected chi connectivity index (χ3v) is 14.2. The van der Waals surface area contributed by atoms with E-state index in [2.05, 4.69) is 34.6 Å². The minimum absolute atomic E-state index is 0.0980. The quantitative estimate of drug-likeness (QED) is 0.267. The van der Waals surface area contributed by atoms with Gasteiger partial charge in [-0.05, 0) is 155 Å². The molecular weight excluding hydrogens is 566 g/mol. The molecule has 46 heavy (non-hydrogen) atoms. The minimum atomic E-state index is 0.0980. The maximum atomic E-state index is 13.2. The molecule has 5 aliphatic rings. The normalized spacial score (nSPS) is 33.9. The van der Waals surface area contributed by atoms with Crippen LogP contribution in [0, 0.1) is 46.3 Å². The molecule has 4 fully saturated rings. The number of hydrogen-bond donors (Lipinski definition) is 0. The molecule has 260 valence electrons. The van der Waals surface area contributed by atoms with E-state index in [0.717, 1.165) is 65.8 Å². The number of benzene rings is 1. The van der Waals surface area contributed by atoms with Crippen molar-refractivity contribution in [3.8, 4) is 0 Å². The average Bonchev–Trinajstić information content (AvgIpc) is 3.65. The molecule has 0 radical (unpaired) electrons. The lowest BCUT2D eigenvalue weighted by Gasteiger charge is -2.60. The number of ether oxygens (including phenoxy) is 1. The van der Waals surface area contributed by atoms with Crippen LogP contribution in [-0.4, -0.2) is 31.4 Å². The monoisotopic (exact) mass is 636 g/mol. The lowest BCUT2D eigenvalue weighted by atomic mass is 9.45. The molecule has 9 atom stereocenters. The maximum Gasteiger partial charge on any atom is 0.226 e. The zero-order valence-corrected chi connectivity index (χ0v) is 31.3. The Morgan fingerprint density at radius 1 is 0.957 bits per heavy atom. The molecule has 1 aromatic rings. The smallest absolute Gasteiger partial charge is 0.226 e. The van der Waals surface area contributed by atoms with E-state index >= 15 is 0 Å². The molecule has 1 aliphatic heterocycles. The Kier molecular flexibility index (Phi) is 13.0. The van der Waals surface area contributed by atoms with E-state index in [1.807, 2.05) is 36.9 Å². The van der Waals surface area contributed by atoms with Gasteiger partial charge in [-0.2, -0.15) is 0 Å². The summed E-state index contributed by atoms with van der Waals surface area (Å²) in [4.78, 5) is 26.9. The van der Waals surface area contributed by atoms with Crippen LogP contribution in [-0.2, 0) is 16.0 Å². The van der Waals surface area contributed by atoms with E-state index in [1.165, 1.54) is 77.0 Å². The number of nitrogens with zero attached hydrogens (tertiary/aromatic N) is 1. The van der Waals surface area contributed by atoms with Gasteiger partial charge in [-0.3, -0.25) is 9.59 Å². The number of amides is 1. The first-order valence-corrected chi connectivity index (χ1v) is 19.5. The Morgan fingerprint density at radius 2 is 1.70 bits per heavy atom. The fourth-order valence-corrected chi connectivity index (χ4v) is 11.0. The van der Waals surface area contributed by atoms with Gasteiger partial charge in [0.1, 0.15) is 0 Å². The van der Waals surface area contributed by atoms with Gasteiger partial charge in [-0.15, -0.1) is 0 Å². The highest BCUT2D eigenvalue weighted by Crippen LogP contribution is 2.67. The molecule has 0 N–H and O–H groups in total. The molecular formula is C42H69NO3. The second kappa shape index (κ2) is 16.1. The van der Waals surface area contributed by atoms with Crippen LogP contribution in [0.3, 0.4) is 0 Å². The molecule has 4 nitrogen and oxygen atoms in total. The number of carbonyl (C=O) groups excluding carboxylic acids is 2. The van der Waals surface area contributed by atoms with Crippen molar-refractivity contribution in [3.63, 3.8) is 0 Å². The molecule has 0 bridgehead atoms. The Balaban J connectivity index is 0.000000422. The van der Waals surface area contributed by atoms with Gasteiger partial charge in [-0.1, -0.05) is 60.8 Å². The Bertz CT molecular complexity index is 1150. The number of anilines is 1. The molecule has 1 aromatic carbocycles.